The molecule has 0 rings (SSSR count). The predicted octanol–water partition coefficient (Wildman–Crippen LogP) is 2.43. The molecule has 1 atom stereocenters. The van der Waals surface area contributed by atoms with Gasteiger partial charge >= 0.3 is 5.97 Å². The second-order valence-corrected chi connectivity index (χ2v) is 4.32. The maximum absolute atomic E-state index is 10.2. The molecule has 17 heavy (non-hydrogen) atoms. The zero-order chi connectivity index (χ0) is 12.9. The molecule has 0 saturated carbocycles. The van der Waals surface area contributed by atoms with Gasteiger partial charge in [0, 0.05) is 6.61 Å². The van der Waals surface area contributed by atoms with Crippen molar-refractivity contribution in [3.05, 3.63) is 0 Å². The molecule has 0 aliphatic rings. The predicted molar refractivity (Wildman–Crippen MR) is 69.3 cm³/mol. The molecule has 0 heterocycles. The van der Waals surface area contributed by atoms with Crippen molar-refractivity contribution in [2.24, 2.45) is 0 Å². The fourth-order valence-electron chi connectivity index (χ4n) is 1.67. The molecule has 0 aliphatic heterocycles. The van der Waals surface area contributed by atoms with Gasteiger partial charge in [0.1, 0.15) is 0 Å². The summed E-state index contributed by atoms with van der Waals surface area (Å²) in [4.78, 5) is 10.2. The van der Waals surface area contributed by atoms with Gasteiger partial charge in [-0.05, 0) is 25.8 Å². The first-order valence-corrected chi connectivity index (χ1v) is 6.74. The lowest BCUT2D eigenvalue weighted by atomic mass is 10.1. The first-order chi connectivity index (χ1) is 8.20. The van der Waals surface area contributed by atoms with Crippen LogP contribution in [0.1, 0.15) is 52.4 Å². The Kier molecular flexibility index (Phi) is 11.4. The highest BCUT2D eigenvalue weighted by atomic mass is 16.5. The third kappa shape index (κ3) is 11.6. The zero-order valence-corrected chi connectivity index (χ0v) is 11.2. The average molecular weight is 245 g/mol. The van der Waals surface area contributed by atoms with E-state index in [1.54, 1.807) is 0 Å². The molecule has 0 aromatic rings. The first kappa shape index (κ1) is 16.4. The van der Waals surface area contributed by atoms with E-state index in [0.717, 1.165) is 25.9 Å². The monoisotopic (exact) mass is 245 g/mol. The molecule has 2 N–H and O–H groups in total. The molecule has 0 amide bonds. The minimum atomic E-state index is -0.808. The van der Waals surface area contributed by atoms with E-state index in [9.17, 15) is 4.79 Å². The number of aliphatic carboxylic acids is 1. The van der Waals surface area contributed by atoms with Crippen molar-refractivity contribution in [1.29, 1.82) is 0 Å². The minimum absolute atomic E-state index is 0.0354. The van der Waals surface area contributed by atoms with E-state index in [1.807, 2.05) is 0 Å². The number of rotatable bonds is 12. The number of nitrogens with one attached hydrogen (secondary N) is 1. The summed E-state index contributed by atoms with van der Waals surface area (Å²) in [7, 11) is 0. The lowest BCUT2D eigenvalue weighted by molar-refractivity contribution is -0.135. The van der Waals surface area contributed by atoms with Crippen LogP contribution >= 0.6 is 0 Å². The summed E-state index contributed by atoms with van der Waals surface area (Å²) in [6, 6.07) is 0. The fraction of sp³-hybridized carbons (Fsp3) is 0.923. The molecule has 0 aromatic heterocycles. The van der Waals surface area contributed by atoms with E-state index in [-0.39, 0.29) is 6.54 Å². The third-order valence-corrected chi connectivity index (χ3v) is 2.71. The molecule has 0 bridgehead atoms. The van der Waals surface area contributed by atoms with E-state index in [0.29, 0.717) is 12.6 Å². The molecule has 102 valence electrons. The standard InChI is InChI=1S/C13H27NO3/c1-3-5-6-8-12(4-2)17-10-7-9-14-11-13(15)16/h12,14H,3-11H2,1-2H3,(H,15,16). The summed E-state index contributed by atoms with van der Waals surface area (Å²) < 4.78 is 5.76. The molecular weight excluding hydrogens is 218 g/mol. The van der Waals surface area contributed by atoms with Crippen LogP contribution in [0.2, 0.25) is 0 Å². The van der Waals surface area contributed by atoms with Crippen molar-refractivity contribution in [2.45, 2.75) is 58.5 Å². The lowest BCUT2D eigenvalue weighted by Gasteiger charge is -2.15. The molecule has 0 aromatic carbocycles. The smallest absolute Gasteiger partial charge is 0.317 e. The van der Waals surface area contributed by atoms with Gasteiger partial charge in [0.15, 0.2) is 0 Å². The van der Waals surface area contributed by atoms with Crippen molar-refractivity contribution >= 4 is 5.97 Å². The lowest BCUT2D eigenvalue weighted by Crippen LogP contribution is -2.24. The number of hydrogen-bond acceptors (Lipinski definition) is 3. The quantitative estimate of drug-likeness (QED) is 0.518. The maximum Gasteiger partial charge on any atom is 0.317 e. The fourth-order valence-corrected chi connectivity index (χ4v) is 1.67. The van der Waals surface area contributed by atoms with Crippen molar-refractivity contribution < 1.29 is 14.6 Å². The van der Waals surface area contributed by atoms with Crippen LogP contribution in [-0.4, -0.2) is 36.9 Å². The molecule has 0 aliphatic carbocycles. The van der Waals surface area contributed by atoms with Gasteiger partial charge in [-0.25, -0.2) is 0 Å². The van der Waals surface area contributed by atoms with Crippen molar-refractivity contribution in [3.63, 3.8) is 0 Å². The number of carboxylic acid groups (broad SMARTS) is 1. The first-order valence-electron chi connectivity index (χ1n) is 6.74. The Morgan fingerprint density at radius 1 is 1.29 bits per heavy atom. The van der Waals surface area contributed by atoms with Crippen LogP contribution in [0.5, 0.6) is 0 Å². The Balaban J connectivity index is 3.33. The summed E-state index contributed by atoms with van der Waals surface area (Å²) in [5, 5.41) is 11.3. The van der Waals surface area contributed by atoms with Gasteiger partial charge in [0.2, 0.25) is 0 Å². The second kappa shape index (κ2) is 11.9. The van der Waals surface area contributed by atoms with Gasteiger partial charge < -0.3 is 15.2 Å². The van der Waals surface area contributed by atoms with E-state index in [2.05, 4.69) is 19.2 Å². The van der Waals surface area contributed by atoms with Crippen LogP contribution in [0, 0.1) is 0 Å². The van der Waals surface area contributed by atoms with Crippen LogP contribution in [0.3, 0.4) is 0 Å². The molecule has 4 heteroatoms. The van der Waals surface area contributed by atoms with Crippen molar-refractivity contribution in [2.75, 3.05) is 19.7 Å². The normalized spacial score (nSPS) is 12.6. The van der Waals surface area contributed by atoms with E-state index >= 15 is 0 Å². The number of ether oxygens (including phenoxy) is 1. The highest BCUT2D eigenvalue weighted by molar-refractivity contribution is 5.68. The molecule has 4 nitrogen and oxygen atoms in total. The van der Waals surface area contributed by atoms with Gasteiger partial charge in [-0.1, -0.05) is 33.1 Å². The van der Waals surface area contributed by atoms with Gasteiger partial charge in [-0.15, -0.1) is 0 Å². The highest BCUT2D eigenvalue weighted by Crippen LogP contribution is 2.10. The number of hydrogen-bond donors (Lipinski definition) is 2. The van der Waals surface area contributed by atoms with E-state index < -0.39 is 5.97 Å². The Morgan fingerprint density at radius 2 is 2.06 bits per heavy atom. The van der Waals surface area contributed by atoms with Crippen LogP contribution in [0.4, 0.5) is 0 Å². The molecule has 0 radical (unpaired) electrons. The molecule has 0 fully saturated rings. The van der Waals surface area contributed by atoms with Gasteiger partial charge in [-0.2, -0.15) is 0 Å². The molecular formula is C13H27NO3. The number of unbranched alkanes of at least 4 members (excludes halogenated alkanes) is 2. The van der Waals surface area contributed by atoms with Crippen LogP contribution in [-0.2, 0) is 9.53 Å². The minimum Gasteiger partial charge on any atom is -0.480 e. The zero-order valence-electron chi connectivity index (χ0n) is 11.2. The average Bonchev–Trinajstić information content (AvgIpc) is 2.31. The number of carbonyl (C=O) groups is 1. The van der Waals surface area contributed by atoms with Gasteiger partial charge in [0.25, 0.3) is 0 Å². The van der Waals surface area contributed by atoms with Crippen molar-refractivity contribution in [3.8, 4) is 0 Å². The number of carboxylic acids is 1. The maximum atomic E-state index is 10.2. The summed E-state index contributed by atoms with van der Waals surface area (Å²) >= 11 is 0. The van der Waals surface area contributed by atoms with Gasteiger partial charge in [-0.3, -0.25) is 4.79 Å². The van der Waals surface area contributed by atoms with Crippen LogP contribution < -0.4 is 5.32 Å². The van der Waals surface area contributed by atoms with E-state index in [4.69, 9.17) is 9.84 Å². The second-order valence-electron chi connectivity index (χ2n) is 4.32. The summed E-state index contributed by atoms with van der Waals surface area (Å²) in [5.41, 5.74) is 0. The topological polar surface area (TPSA) is 58.6 Å². The van der Waals surface area contributed by atoms with Crippen LogP contribution in [0.15, 0.2) is 0 Å². The highest BCUT2D eigenvalue weighted by Gasteiger charge is 2.05. The van der Waals surface area contributed by atoms with E-state index in [1.165, 1.54) is 19.3 Å². The third-order valence-electron chi connectivity index (χ3n) is 2.71. The largest absolute Gasteiger partial charge is 0.480 e. The molecule has 1 unspecified atom stereocenters. The Hall–Kier alpha value is -0.610. The summed E-state index contributed by atoms with van der Waals surface area (Å²) in [6.07, 6.45) is 7.22. The Labute approximate surface area is 105 Å². The Morgan fingerprint density at radius 3 is 2.65 bits per heavy atom. The Bertz CT molecular complexity index is 186. The molecule has 0 saturated heterocycles. The molecule has 0 spiro atoms. The van der Waals surface area contributed by atoms with Crippen LogP contribution in [0.25, 0.3) is 0 Å². The van der Waals surface area contributed by atoms with Gasteiger partial charge in [0.05, 0.1) is 12.6 Å². The van der Waals surface area contributed by atoms with Crippen molar-refractivity contribution in [1.82, 2.24) is 5.32 Å². The SMILES string of the molecule is CCCCCC(CC)OCCCNCC(=O)O. The summed E-state index contributed by atoms with van der Waals surface area (Å²) in [6.45, 7) is 5.82. The summed E-state index contributed by atoms with van der Waals surface area (Å²) in [5.74, 6) is -0.808.